The summed E-state index contributed by atoms with van der Waals surface area (Å²) in [7, 11) is 0. The highest BCUT2D eigenvalue weighted by molar-refractivity contribution is 9.10. The maximum atomic E-state index is 13.9. The molecule has 0 aliphatic carbocycles. The molecule has 2 rings (SSSR count). The predicted octanol–water partition coefficient (Wildman–Crippen LogP) is 3.94. The second-order valence-corrected chi connectivity index (χ2v) is 6.77. The van der Waals surface area contributed by atoms with Gasteiger partial charge in [-0.15, -0.1) is 0 Å². The summed E-state index contributed by atoms with van der Waals surface area (Å²) >= 11 is 3.43. The van der Waals surface area contributed by atoms with Crippen molar-refractivity contribution in [2.45, 2.75) is 51.7 Å². The Morgan fingerprint density at radius 2 is 2.10 bits per heavy atom. The number of benzene rings is 1. The summed E-state index contributed by atoms with van der Waals surface area (Å²) in [5.74, 6) is -0.113. The van der Waals surface area contributed by atoms with Gasteiger partial charge in [-0.3, -0.25) is 4.90 Å². The van der Waals surface area contributed by atoms with Crippen LogP contribution in [0.25, 0.3) is 0 Å². The molecule has 1 aromatic carbocycles. The summed E-state index contributed by atoms with van der Waals surface area (Å²) in [5.41, 5.74) is 0.948. The monoisotopic (exact) mass is 342 g/mol. The van der Waals surface area contributed by atoms with Crippen LogP contribution in [0.2, 0.25) is 0 Å². The highest BCUT2D eigenvalue weighted by Gasteiger charge is 2.35. The van der Waals surface area contributed by atoms with Crippen LogP contribution in [0, 0.1) is 5.82 Å². The van der Waals surface area contributed by atoms with Crippen LogP contribution in [0.15, 0.2) is 22.7 Å². The minimum atomic E-state index is -0.113. The van der Waals surface area contributed by atoms with Gasteiger partial charge in [0.15, 0.2) is 0 Å². The van der Waals surface area contributed by atoms with Gasteiger partial charge in [0.25, 0.3) is 0 Å². The van der Waals surface area contributed by atoms with Crippen LogP contribution < -0.4 is 5.32 Å². The summed E-state index contributed by atoms with van der Waals surface area (Å²) < 4.78 is 14.9. The van der Waals surface area contributed by atoms with Crippen LogP contribution in [0.5, 0.6) is 0 Å². The van der Waals surface area contributed by atoms with Gasteiger partial charge in [0.2, 0.25) is 0 Å². The quantitative estimate of drug-likeness (QED) is 0.891. The van der Waals surface area contributed by atoms with Crippen molar-refractivity contribution in [1.29, 1.82) is 0 Å². The molecule has 1 aliphatic heterocycles. The molecule has 1 aromatic rings. The molecular formula is C16H24BrFN2. The smallest absolute Gasteiger partial charge is 0.127 e. The number of nitrogens with one attached hydrogen (secondary N) is 1. The molecule has 0 saturated carbocycles. The van der Waals surface area contributed by atoms with E-state index in [0.717, 1.165) is 36.0 Å². The van der Waals surface area contributed by atoms with Crippen LogP contribution >= 0.6 is 15.9 Å². The van der Waals surface area contributed by atoms with E-state index in [1.54, 1.807) is 12.1 Å². The van der Waals surface area contributed by atoms with Crippen molar-refractivity contribution in [3.63, 3.8) is 0 Å². The molecule has 2 nitrogen and oxygen atoms in total. The first kappa shape index (κ1) is 15.9. The molecule has 112 valence electrons. The number of piperazine rings is 1. The molecule has 0 bridgehead atoms. The van der Waals surface area contributed by atoms with Crippen LogP contribution in [-0.2, 0) is 6.54 Å². The van der Waals surface area contributed by atoms with Gasteiger partial charge in [-0.2, -0.15) is 0 Å². The third-order valence-corrected chi connectivity index (χ3v) is 5.13. The second kappa shape index (κ2) is 6.54. The Balaban J connectivity index is 2.16. The van der Waals surface area contributed by atoms with Gasteiger partial charge in [0.1, 0.15) is 5.82 Å². The Kier molecular flexibility index (Phi) is 5.21. The van der Waals surface area contributed by atoms with Gasteiger partial charge >= 0.3 is 0 Å². The highest BCUT2D eigenvalue weighted by atomic mass is 79.9. The van der Waals surface area contributed by atoms with E-state index in [4.69, 9.17) is 0 Å². The highest BCUT2D eigenvalue weighted by Crippen LogP contribution is 2.25. The Hall–Kier alpha value is -0.450. The number of halogens is 2. The normalized spacial score (nSPS) is 22.9. The zero-order valence-corrected chi connectivity index (χ0v) is 14.1. The molecule has 1 heterocycles. The lowest BCUT2D eigenvalue weighted by Crippen LogP contribution is -2.62. The molecule has 0 aromatic heterocycles. The Morgan fingerprint density at radius 1 is 1.40 bits per heavy atom. The second-order valence-electron chi connectivity index (χ2n) is 5.86. The van der Waals surface area contributed by atoms with Crippen LogP contribution in [0.4, 0.5) is 4.39 Å². The average molecular weight is 343 g/mol. The largest absolute Gasteiger partial charge is 0.308 e. The summed E-state index contributed by atoms with van der Waals surface area (Å²) in [5, 5.41) is 3.68. The van der Waals surface area contributed by atoms with Crippen molar-refractivity contribution in [2.75, 3.05) is 13.1 Å². The maximum Gasteiger partial charge on any atom is 0.127 e. The molecule has 20 heavy (non-hydrogen) atoms. The van der Waals surface area contributed by atoms with Crippen LogP contribution in [0.3, 0.4) is 0 Å². The predicted molar refractivity (Wildman–Crippen MR) is 85.3 cm³/mol. The number of hydrogen-bond donors (Lipinski definition) is 1. The minimum absolute atomic E-state index is 0.113. The number of rotatable bonds is 4. The van der Waals surface area contributed by atoms with Gasteiger partial charge in [0, 0.05) is 41.3 Å². The standard InChI is InChI=1S/C16H24BrFN2/c1-4-16(5-2)11-20(12(3)9-19-16)10-13-8-14(17)6-7-15(13)18/h6-8,12,19H,4-5,9-11H2,1-3H3. The molecule has 1 unspecified atom stereocenters. The van der Waals surface area contributed by atoms with Crippen molar-refractivity contribution >= 4 is 15.9 Å². The van der Waals surface area contributed by atoms with E-state index in [2.05, 4.69) is 46.9 Å². The number of nitrogens with zero attached hydrogens (tertiary/aromatic N) is 1. The Labute approximate surface area is 129 Å². The van der Waals surface area contributed by atoms with Gasteiger partial charge in [-0.1, -0.05) is 29.8 Å². The van der Waals surface area contributed by atoms with Crippen LogP contribution in [-0.4, -0.2) is 29.6 Å². The SMILES string of the molecule is CCC1(CC)CN(Cc2cc(Br)ccc2F)C(C)CN1. The average Bonchev–Trinajstić information content (AvgIpc) is 2.45. The molecule has 1 aliphatic rings. The molecule has 1 atom stereocenters. The molecule has 1 fully saturated rings. The zero-order valence-electron chi connectivity index (χ0n) is 12.5. The fourth-order valence-corrected chi connectivity index (χ4v) is 3.32. The van der Waals surface area contributed by atoms with Gasteiger partial charge in [-0.25, -0.2) is 4.39 Å². The topological polar surface area (TPSA) is 15.3 Å². The summed E-state index contributed by atoms with van der Waals surface area (Å²) in [6, 6.07) is 5.62. The molecule has 4 heteroatoms. The first-order valence-corrected chi connectivity index (χ1v) is 8.22. The lowest BCUT2D eigenvalue weighted by Gasteiger charge is -2.46. The Bertz CT molecular complexity index is 460. The zero-order chi connectivity index (χ0) is 14.8. The molecule has 0 spiro atoms. The van der Waals surface area contributed by atoms with E-state index in [1.807, 2.05) is 6.07 Å². The van der Waals surface area contributed by atoms with E-state index in [9.17, 15) is 4.39 Å². The van der Waals surface area contributed by atoms with Gasteiger partial charge in [-0.05, 0) is 38.0 Å². The molecular weight excluding hydrogens is 319 g/mol. The summed E-state index contributed by atoms with van der Waals surface area (Å²) in [6.07, 6.45) is 2.21. The van der Waals surface area contributed by atoms with Crippen molar-refractivity contribution in [2.24, 2.45) is 0 Å². The summed E-state index contributed by atoms with van der Waals surface area (Å²) in [6.45, 7) is 9.28. The van der Waals surface area contributed by atoms with Crippen molar-refractivity contribution in [1.82, 2.24) is 10.2 Å². The Morgan fingerprint density at radius 3 is 2.75 bits per heavy atom. The summed E-state index contributed by atoms with van der Waals surface area (Å²) in [4.78, 5) is 2.40. The molecule has 1 saturated heterocycles. The van der Waals surface area contributed by atoms with Crippen molar-refractivity contribution in [3.05, 3.63) is 34.1 Å². The van der Waals surface area contributed by atoms with E-state index >= 15 is 0 Å². The molecule has 1 N–H and O–H groups in total. The molecule has 0 amide bonds. The van der Waals surface area contributed by atoms with Gasteiger partial charge in [0.05, 0.1) is 0 Å². The fourth-order valence-electron chi connectivity index (χ4n) is 2.91. The fraction of sp³-hybridized carbons (Fsp3) is 0.625. The third kappa shape index (κ3) is 3.41. The lowest BCUT2D eigenvalue weighted by molar-refractivity contribution is 0.0737. The third-order valence-electron chi connectivity index (χ3n) is 4.64. The maximum absolute atomic E-state index is 13.9. The first-order chi connectivity index (χ1) is 9.49. The van der Waals surface area contributed by atoms with E-state index < -0.39 is 0 Å². The number of hydrogen-bond acceptors (Lipinski definition) is 2. The van der Waals surface area contributed by atoms with Gasteiger partial charge < -0.3 is 5.32 Å². The van der Waals surface area contributed by atoms with E-state index in [1.165, 1.54) is 0 Å². The van der Waals surface area contributed by atoms with Crippen LogP contribution in [0.1, 0.15) is 39.2 Å². The van der Waals surface area contributed by atoms with E-state index in [0.29, 0.717) is 12.6 Å². The molecule has 0 radical (unpaired) electrons. The van der Waals surface area contributed by atoms with Crippen molar-refractivity contribution < 1.29 is 4.39 Å². The first-order valence-electron chi connectivity index (χ1n) is 7.42. The lowest BCUT2D eigenvalue weighted by atomic mass is 9.88. The minimum Gasteiger partial charge on any atom is -0.308 e. The van der Waals surface area contributed by atoms with E-state index in [-0.39, 0.29) is 11.4 Å². The van der Waals surface area contributed by atoms with Crippen molar-refractivity contribution in [3.8, 4) is 0 Å².